The molecule has 2 aliphatic heterocycles. The van der Waals surface area contributed by atoms with Crippen molar-refractivity contribution in [3.05, 3.63) is 34.3 Å². The quantitative estimate of drug-likeness (QED) is 0.844. The van der Waals surface area contributed by atoms with E-state index < -0.39 is 0 Å². The van der Waals surface area contributed by atoms with Gasteiger partial charge in [-0.15, -0.1) is 0 Å². The van der Waals surface area contributed by atoms with E-state index in [0.717, 1.165) is 36.2 Å². The fourth-order valence-electron chi connectivity index (χ4n) is 3.04. The summed E-state index contributed by atoms with van der Waals surface area (Å²) in [5, 5.41) is 3.36. The van der Waals surface area contributed by atoms with Crippen molar-refractivity contribution in [2.24, 2.45) is 0 Å². The summed E-state index contributed by atoms with van der Waals surface area (Å²) in [6, 6.07) is 8.25. The van der Waals surface area contributed by atoms with Crippen molar-refractivity contribution in [3.63, 3.8) is 0 Å². The lowest BCUT2D eigenvalue weighted by Crippen LogP contribution is -2.63. The summed E-state index contributed by atoms with van der Waals surface area (Å²) >= 11 is 3.44. The van der Waals surface area contributed by atoms with Crippen LogP contribution in [0.15, 0.2) is 28.7 Å². The summed E-state index contributed by atoms with van der Waals surface area (Å²) in [6.45, 7) is 3.56. The average Bonchev–Trinajstić information content (AvgIpc) is 2.41. The van der Waals surface area contributed by atoms with Gasteiger partial charge in [0.15, 0.2) is 0 Å². The van der Waals surface area contributed by atoms with Crippen LogP contribution in [0.3, 0.4) is 0 Å². The molecule has 0 radical (unpaired) electrons. The zero-order valence-electron chi connectivity index (χ0n) is 11.0. The van der Waals surface area contributed by atoms with Gasteiger partial charge in [0.1, 0.15) is 6.04 Å². The standard InChI is InChI=1S/C14H18BrN3O/c1-17-9-12-8-16-6-7-18(12)14(19)13(17)10-2-4-11(15)5-3-10/h2-5,12-13,16H,6-9H2,1H3. The number of hydrogen-bond acceptors (Lipinski definition) is 3. The zero-order chi connectivity index (χ0) is 13.4. The second-order valence-corrected chi connectivity index (χ2v) is 6.20. The Morgan fingerprint density at radius 1 is 1.32 bits per heavy atom. The highest BCUT2D eigenvalue weighted by atomic mass is 79.9. The summed E-state index contributed by atoms with van der Waals surface area (Å²) in [5.41, 5.74) is 1.08. The van der Waals surface area contributed by atoms with Gasteiger partial charge in [0, 0.05) is 30.7 Å². The third-order valence-corrected chi connectivity index (χ3v) is 4.52. The molecule has 2 aliphatic rings. The molecule has 2 heterocycles. The van der Waals surface area contributed by atoms with Crippen molar-refractivity contribution in [1.29, 1.82) is 0 Å². The fourth-order valence-corrected chi connectivity index (χ4v) is 3.30. The fraction of sp³-hybridized carbons (Fsp3) is 0.500. The molecule has 2 fully saturated rings. The van der Waals surface area contributed by atoms with Crippen LogP contribution in [-0.4, -0.2) is 55.0 Å². The lowest BCUT2D eigenvalue weighted by Gasteiger charge is -2.46. The normalized spacial score (nSPS) is 28.3. The predicted molar refractivity (Wildman–Crippen MR) is 77.9 cm³/mol. The van der Waals surface area contributed by atoms with Crippen LogP contribution in [0.1, 0.15) is 11.6 Å². The van der Waals surface area contributed by atoms with E-state index in [0.29, 0.717) is 6.04 Å². The second kappa shape index (κ2) is 5.23. The predicted octanol–water partition coefficient (Wildman–Crippen LogP) is 1.24. The Labute approximate surface area is 121 Å². The number of fused-ring (bicyclic) bond motifs is 1. The summed E-state index contributed by atoms with van der Waals surface area (Å²) in [6.07, 6.45) is 0. The van der Waals surface area contributed by atoms with E-state index in [1.54, 1.807) is 0 Å². The lowest BCUT2D eigenvalue weighted by atomic mass is 9.98. The number of rotatable bonds is 1. The molecule has 0 bridgehead atoms. The molecule has 2 unspecified atom stereocenters. The van der Waals surface area contributed by atoms with E-state index in [2.05, 4.69) is 26.1 Å². The Morgan fingerprint density at radius 2 is 2.05 bits per heavy atom. The van der Waals surface area contributed by atoms with Gasteiger partial charge < -0.3 is 10.2 Å². The van der Waals surface area contributed by atoms with Crippen LogP contribution in [0.5, 0.6) is 0 Å². The van der Waals surface area contributed by atoms with Crippen LogP contribution in [-0.2, 0) is 4.79 Å². The highest BCUT2D eigenvalue weighted by Gasteiger charge is 2.40. The van der Waals surface area contributed by atoms with E-state index in [9.17, 15) is 4.79 Å². The Balaban J connectivity index is 1.88. The first kappa shape index (κ1) is 13.1. The van der Waals surface area contributed by atoms with E-state index >= 15 is 0 Å². The maximum atomic E-state index is 12.7. The topological polar surface area (TPSA) is 35.6 Å². The molecule has 19 heavy (non-hydrogen) atoms. The van der Waals surface area contributed by atoms with Gasteiger partial charge in [0.2, 0.25) is 5.91 Å². The number of carbonyl (C=O) groups is 1. The van der Waals surface area contributed by atoms with Gasteiger partial charge in [0.25, 0.3) is 0 Å². The lowest BCUT2D eigenvalue weighted by molar-refractivity contribution is -0.146. The third-order valence-electron chi connectivity index (χ3n) is 3.99. The first-order valence-corrected chi connectivity index (χ1v) is 7.43. The summed E-state index contributed by atoms with van der Waals surface area (Å²) in [7, 11) is 2.04. The van der Waals surface area contributed by atoms with Crippen molar-refractivity contribution in [2.45, 2.75) is 12.1 Å². The van der Waals surface area contributed by atoms with E-state index in [4.69, 9.17) is 0 Å². The number of halogens is 1. The van der Waals surface area contributed by atoms with Crippen LogP contribution in [0.2, 0.25) is 0 Å². The Bertz CT molecular complexity index is 476. The second-order valence-electron chi connectivity index (χ2n) is 5.28. The molecule has 2 atom stereocenters. The Kier molecular flexibility index (Phi) is 3.60. The number of carbonyl (C=O) groups excluding carboxylic acids is 1. The minimum atomic E-state index is -0.137. The SMILES string of the molecule is CN1CC2CNCCN2C(=O)C1c1ccc(Br)cc1. The summed E-state index contributed by atoms with van der Waals surface area (Å²) < 4.78 is 1.04. The van der Waals surface area contributed by atoms with Gasteiger partial charge in [-0.05, 0) is 24.7 Å². The molecule has 102 valence electrons. The van der Waals surface area contributed by atoms with Gasteiger partial charge in [-0.1, -0.05) is 28.1 Å². The minimum Gasteiger partial charge on any atom is -0.334 e. The molecule has 1 N–H and O–H groups in total. The third kappa shape index (κ3) is 2.42. The molecule has 0 saturated carbocycles. The van der Waals surface area contributed by atoms with Crippen molar-refractivity contribution in [3.8, 4) is 0 Å². The van der Waals surface area contributed by atoms with Crippen LogP contribution < -0.4 is 5.32 Å². The molecule has 0 spiro atoms. The smallest absolute Gasteiger partial charge is 0.244 e. The number of nitrogens with zero attached hydrogens (tertiary/aromatic N) is 2. The van der Waals surface area contributed by atoms with Gasteiger partial charge in [0.05, 0.1) is 6.04 Å². The van der Waals surface area contributed by atoms with Gasteiger partial charge in [-0.2, -0.15) is 0 Å². The monoisotopic (exact) mass is 323 g/mol. The largest absolute Gasteiger partial charge is 0.334 e. The average molecular weight is 324 g/mol. The summed E-state index contributed by atoms with van der Waals surface area (Å²) in [5.74, 6) is 0.238. The molecular weight excluding hydrogens is 306 g/mol. The number of nitrogens with one attached hydrogen (secondary N) is 1. The molecule has 2 saturated heterocycles. The zero-order valence-corrected chi connectivity index (χ0v) is 12.6. The highest BCUT2D eigenvalue weighted by Crippen LogP contribution is 2.29. The van der Waals surface area contributed by atoms with Crippen LogP contribution in [0, 0.1) is 0 Å². The van der Waals surface area contributed by atoms with E-state index in [1.165, 1.54) is 0 Å². The number of benzene rings is 1. The molecule has 1 aromatic carbocycles. The number of likely N-dealkylation sites (N-methyl/N-ethyl adjacent to an activating group) is 1. The van der Waals surface area contributed by atoms with Crippen molar-refractivity contribution in [2.75, 3.05) is 33.2 Å². The van der Waals surface area contributed by atoms with E-state index in [-0.39, 0.29) is 11.9 Å². The minimum absolute atomic E-state index is 0.137. The number of amides is 1. The first-order chi connectivity index (χ1) is 9.16. The van der Waals surface area contributed by atoms with Crippen molar-refractivity contribution >= 4 is 21.8 Å². The molecule has 0 aromatic heterocycles. The highest BCUT2D eigenvalue weighted by molar-refractivity contribution is 9.10. The molecule has 4 nitrogen and oxygen atoms in total. The molecular formula is C14H18BrN3O. The molecule has 1 aromatic rings. The van der Waals surface area contributed by atoms with E-state index in [1.807, 2.05) is 36.2 Å². The molecule has 1 amide bonds. The Morgan fingerprint density at radius 3 is 2.79 bits per heavy atom. The maximum absolute atomic E-state index is 12.7. The molecule has 0 aliphatic carbocycles. The van der Waals surface area contributed by atoms with Crippen LogP contribution >= 0.6 is 15.9 Å². The number of hydrogen-bond donors (Lipinski definition) is 1. The molecule has 5 heteroatoms. The van der Waals surface area contributed by atoms with Crippen molar-refractivity contribution in [1.82, 2.24) is 15.1 Å². The summed E-state index contributed by atoms with van der Waals surface area (Å²) in [4.78, 5) is 16.9. The number of piperazine rings is 2. The maximum Gasteiger partial charge on any atom is 0.244 e. The Hall–Kier alpha value is -0.910. The first-order valence-electron chi connectivity index (χ1n) is 6.64. The van der Waals surface area contributed by atoms with Gasteiger partial charge >= 0.3 is 0 Å². The van der Waals surface area contributed by atoms with Crippen molar-refractivity contribution < 1.29 is 4.79 Å². The van der Waals surface area contributed by atoms with Crippen LogP contribution in [0.25, 0.3) is 0 Å². The van der Waals surface area contributed by atoms with Gasteiger partial charge in [-0.3, -0.25) is 9.69 Å². The van der Waals surface area contributed by atoms with Crippen LogP contribution in [0.4, 0.5) is 0 Å². The molecule has 3 rings (SSSR count). The van der Waals surface area contributed by atoms with Gasteiger partial charge in [-0.25, -0.2) is 0 Å².